The number of carboxylic acid groups (broad SMARTS) is 1. The number of carbonyl (C=O) groups is 2. The predicted octanol–water partition coefficient (Wildman–Crippen LogP) is 0.653. The van der Waals surface area contributed by atoms with E-state index in [0.717, 1.165) is 0 Å². The summed E-state index contributed by atoms with van der Waals surface area (Å²) >= 11 is 0. The topological polar surface area (TPSA) is 69.6 Å². The zero-order valence-corrected chi connectivity index (χ0v) is 8.70. The zero-order valence-electron chi connectivity index (χ0n) is 8.70. The number of urea groups is 1. The number of hydrogen-bond donors (Lipinski definition) is 2. The molecule has 0 aromatic heterocycles. The molecule has 1 saturated heterocycles. The molecule has 0 aromatic rings. The molecule has 1 fully saturated rings. The number of amides is 2. The third-order valence-electron chi connectivity index (χ3n) is 2.05. The fourth-order valence-electron chi connectivity index (χ4n) is 1.28. The van der Waals surface area contributed by atoms with Gasteiger partial charge in [-0.1, -0.05) is 0 Å². The van der Waals surface area contributed by atoms with Gasteiger partial charge in [-0.2, -0.15) is 0 Å². The molecule has 1 aliphatic rings. The molecule has 2 amide bonds. The van der Waals surface area contributed by atoms with Crippen molar-refractivity contribution in [1.82, 2.24) is 10.2 Å². The van der Waals surface area contributed by atoms with E-state index in [1.54, 1.807) is 0 Å². The highest BCUT2D eigenvalue weighted by molar-refractivity contribution is 5.84. The molecule has 1 rings (SSSR count). The average molecular weight is 200 g/mol. The van der Waals surface area contributed by atoms with Crippen LogP contribution in [0.15, 0.2) is 0 Å². The largest absolute Gasteiger partial charge is 0.480 e. The molecule has 5 nitrogen and oxygen atoms in total. The van der Waals surface area contributed by atoms with Gasteiger partial charge in [0.25, 0.3) is 0 Å². The smallest absolute Gasteiger partial charge is 0.326 e. The Morgan fingerprint density at radius 3 is 2.29 bits per heavy atom. The highest BCUT2D eigenvalue weighted by Gasteiger charge is 2.38. The van der Waals surface area contributed by atoms with E-state index in [4.69, 9.17) is 5.11 Å². The van der Waals surface area contributed by atoms with Crippen LogP contribution in [0.3, 0.4) is 0 Å². The van der Waals surface area contributed by atoms with Crippen LogP contribution in [0.4, 0.5) is 4.79 Å². The van der Waals surface area contributed by atoms with Crippen LogP contribution in [0.5, 0.6) is 0 Å². The monoisotopic (exact) mass is 200 g/mol. The Morgan fingerprint density at radius 2 is 2.00 bits per heavy atom. The van der Waals surface area contributed by atoms with Gasteiger partial charge in [0.1, 0.15) is 6.04 Å². The second-order valence-electron chi connectivity index (χ2n) is 4.52. The zero-order chi connectivity index (χ0) is 10.9. The maximum absolute atomic E-state index is 11.5. The molecule has 0 bridgehead atoms. The van der Waals surface area contributed by atoms with Crippen LogP contribution < -0.4 is 5.32 Å². The number of aliphatic carboxylic acids is 1. The number of likely N-dealkylation sites (tertiary alicyclic amines) is 1. The van der Waals surface area contributed by atoms with Crippen LogP contribution in [0.2, 0.25) is 0 Å². The Hall–Kier alpha value is -1.26. The molecule has 0 saturated carbocycles. The minimum absolute atomic E-state index is 0.295. The van der Waals surface area contributed by atoms with E-state index < -0.39 is 12.0 Å². The minimum atomic E-state index is -0.930. The lowest BCUT2D eigenvalue weighted by atomic mass is 10.0. The van der Waals surface area contributed by atoms with Gasteiger partial charge in [0.05, 0.1) is 0 Å². The first-order valence-corrected chi connectivity index (χ1v) is 4.63. The van der Waals surface area contributed by atoms with Crippen LogP contribution in [0.25, 0.3) is 0 Å². The van der Waals surface area contributed by atoms with Crippen LogP contribution in [0, 0.1) is 0 Å². The summed E-state index contributed by atoms with van der Waals surface area (Å²) < 4.78 is 0. The minimum Gasteiger partial charge on any atom is -0.480 e. The highest BCUT2D eigenvalue weighted by atomic mass is 16.4. The molecule has 0 aliphatic carbocycles. The molecule has 1 atom stereocenters. The molecule has 0 spiro atoms. The van der Waals surface area contributed by atoms with E-state index in [1.165, 1.54) is 4.90 Å². The van der Waals surface area contributed by atoms with Crippen LogP contribution >= 0.6 is 0 Å². The van der Waals surface area contributed by atoms with E-state index in [1.807, 2.05) is 20.8 Å². The van der Waals surface area contributed by atoms with E-state index in [-0.39, 0.29) is 11.6 Å². The maximum Gasteiger partial charge on any atom is 0.326 e. The molecule has 14 heavy (non-hydrogen) atoms. The van der Waals surface area contributed by atoms with Crippen LogP contribution in [0.1, 0.15) is 27.2 Å². The summed E-state index contributed by atoms with van der Waals surface area (Å²) in [6.45, 7) is 6.11. The highest BCUT2D eigenvalue weighted by Crippen LogP contribution is 2.18. The van der Waals surface area contributed by atoms with Crippen molar-refractivity contribution in [3.63, 3.8) is 0 Å². The normalized spacial score (nSPS) is 21.4. The van der Waals surface area contributed by atoms with Crippen molar-refractivity contribution in [1.29, 1.82) is 0 Å². The van der Waals surface area contributed by atoms with Gasteiger partial charge in [-0.15, -0.1) is 0 Å². The summed E-state index contributed by atoms with van der Waals surface area (Å²) in [6.07, 6.45) is 0.549. The number of nitrogens with zero attached hydrogens (tertiary/aromatic N) is 1. The van der Waals surface area contributed by atoms with Crippen LogP contribution in [-0.4, -0.2) is 40.1 Å². The quantitative estimate of drug-likeness (QED) is 0.653. The molecule has 80 valence electrons. The first-order chi connectivity index (χ1) is 6.31. The average Bonchev–Trinajstić information content (AvgIpc) is 1.75. The van der Waals surface area contributed by atoms with Gasteiger partial charge < -0.3 is 15.3 Å². The second-order valence-corrected chi connectivity index (χ2v) is 4.52. The number of carboxylic acids is 1. The van der Waals surface area contributed by atoms with E-state index >= 15 is 0 Å². The molecule has 1 unspecified atom stereocenters. The Morgan fingerprint density at radius 1 is 1.43 bits per heavy atom. The molecule has 1 aliphatic heterocycles. The molecular formula is C9H16N2O3. The van der Waals surface area contributed by atoms with Crippen molar-refractivity contribution in [3.05, 3.63) is 0 Å². The lowest BCUT2D eigenvalue weighted by molar-refractivity contribution is -0.146. The van der Waals surface area contributed by atoms with Gasteiger partial charge in [0.2, 0.25) is 0 Å². The first-order valence-electron chi connectivity index (χ1n) is 4.63. The summed E-state index contributed by atoms with van der Waals surface area (Å²) in [5.74, 6) is -0.930. The van der Waals surface area contributed by atoms with Gasteiger partial charge >= 0.3 is 12.0 Å². The van der Waals surface area contributed by atoms with Gasteiger partial charge in [0, 0.05) is 12.1 Å². The van der Waals surface area contributed by atoms with Crippen molar-refractivity contribution in [3.8, 4) is 0 Å². The molecule has 1 heterocycles. The van der Waals surface area contributed by atoms with Crippen molar-refractivity contribution in [2.45, 2.75) is 38.8 Å². The number of hydrogen-bond acceptors (Lipinski definition) is 2. The number of carbonyl (C=O) groups excluding carboxylic acids is 1. The second kappa shape index (κ2) is 3.48. The SMILES string of the molecule is CC(C)(C)NC(=O)N1CCC1C(=O)O. The Labute approximate surface area is 83.1 Å². The number of nitrogens with one attached hydrogen (secondary N) is 1. The first kappa shape index (κ1) is 10.8. The standard InChI is InChI=1S/C9H16N2O3/c1-9(2,3)10-8(14)11-5-4-6(11)7(12)13/h6H,4-5H2,1-3H3,(H,10,14)(H,12,13). The van der Waals surface area contributed by atoms with E-state index in [0.29, 0.717) is 13.0 Å². The molecule has 5 heteroatoms. The van der Waals surface area contributed by atoms with Crippen molar-refractivity contribution in [2.24, 2.45) is 0 Å². The Bertz CT molecular complexity index is 257. The van der Waals surface area contributed by atoms with Crippen molar-refractivity contribution in [2.75, 3.05) is 6.54 Å². The van der Waals surface area contributed by atoms with Crippen LogP contribution in [-0.2, 0) is 4.79 Å². The maximum atomic E-state index is 11.5. The fraction of sp³-hybridized carbons (Fsp3) is 0.778. The molecule has 2 N–H and O–H groups in total. The third-order valence-corrected chi connectivity index (χ3v) is 2.05. The van der Waals surface area contributed by atoms with Gasteiger partial charge in [-0.05, 0) is 27.2 Å². The summed E-state index contributed by atoms with van der Waals surface area (Å²) in [4.78, 5) is 23.5. The third kappa shape index (κ3) is 2.37. The Kier molecular flexibility index (Phi) is 2.69. The van der Waals surface area contributed by atoms with Gasteiger partial charge in [0.15, 0.2) is 0 Å². The Balaban J connectivity index is 2.51. The van der Waals surface area contributed by atoms with E-state index in [9.17, 15) is 9.59 Å². The summed E-state index contributed by atoms with van der Waals surface area (Å²) in [6, 6.07) is -0.937. The molecular weight excluding hydrogens is 184 g/mol. The summed E-state index contributed by atoms with van der Waals surface area (Å²) in [7, 11) is 0. The van der Waals surface area contributed by atoms with Gasteiger partial charge in [-0.25, -0.2) is 9.59 Å². The predicted molar refractivity (Wildman–Crippen MR) is 51.0 cm³/mol. The van der Waals surface area contributed by atoms with Crippen molar-refractivity contribution < 1.29 is 14.7 Å². The van der Waals surface area contributed by atoms with Crippen molar-refractivity contribution >= 4 is 12.0 Å². The summed E-state index contributed by atoms with van der Waals surface area (Å²) in [5, 5.41) is 11.5. The molecule has 0 aromatic carbocycles. The lowest BCUT2D eigenvalue weighted by Crippen LogP contribution is -2.60. The van der Waals surface area contributed by atoms with Gasteiger partial charge in [-0.3, -0.25) is 0 Å². The lowest BCUT2D eigenvalue weighted by Gasteiger charge is -2.39. The fourth-order valence-corrected chi connectivity index (χ4v) is 1.28. The van der Waals surface area contributed by atoms with E-state index in [2.05, 4.69) is 5.32 Å². The number of rotatable bonds is 1. The summed E-state index contributed by atoms with van der Waals surface area (Å²) in [5.41, 5.74) is -0.324. The molecule has 0 radical (unpaired) electrons.